The number of thioether (sulfide) groups is 1. The summed E-state index contributed by atoms with van der Waals surface area (Å²) in [6.07, 6.45) is 3.46. The number of rotatable bonds is 6. The lowest BCUT2D eigenvalue weighted by Gasteiger charge is -2.26. The molecule has 0 saturated carbocycles. The molecular formula is C20H21N3O3S2. The molecule has 8 heteroatoms. The largest absolute Gasteiger partial charge is 0.497 e. The van der Waals surface area contributed by atoms with Crippen molar-refractivity contribution in [1.82, 2.24) is 14.9 Å². The molecule has 2 aromatic heterocycles. The molecule has 146 valence electrons. The van der Waals surface area contributed by atoms with E-state index < -0.39 is 0 Å². The van der Waals surface area contributed by atoms with Crippen molar-refractivity contribution in [3.63, 3.8) is 0 Å². The number of amides is 1. The maximum atomic E-state index is 13.0. The molecule has 4 rings (SSSR count). The van der Waals surface area contributed by atoms with E-state index in [0.29, 0.717) is 5.75 Å². The fraction of sp³-hybridized carbons (Fsp3) is 0.350. The van der Waals surface area contributed by atoms with Gasteiger partial charge >= 0.3 is 0 Å². The number of nitrogens with zero attached hydrogens (tertiary/aromatic N) is 3. The molecule has 1 fully saturated rings. The molecule has 28 heavy (non-hydrogen) atoms. The average Bonchev–Trinajstić information content (AvgIpc) is 3.41. The minimum absolute atomic E-state index is 0.00437. The Bertz CT molecular complexity index is 992. The Hall–Kier alpha value is -2.32. The summed E-state index contributed by atoms with van der Waals surface area (Å²) in [5, 5.41) is 3.86. The van der Waals surface area contributed by atoms with Crippen LogP contribution in [0.25, 0.3) is 10.2 Å². The number of benzene rings is 1. The molecule has 1 aliphatic heterocycles. The lowest BCUT2D eigenvalue weighted by Crippen LogP contribution is -2.32. The van der Waals surface area contributed by atoms with Crippen LogP contribution in [-0.2, 0) is 4.79 Å². The van der Waals surface area contributed by atoms with Gasteiger partial charge in [0.2, 0.25) is 5.91 Å². The van der Waals surface area contributed by atoms with Gasteiger partial charge in [-0.05, 0) is 42.5 Å². The highest BCUT2D eigenvalue weighted by molar-refractivity contribution is 8.00. The number of methoxy groups -OCH3 is 2. The van der Waals surface area contributed by atoms with Gasteiger partial charge in [-0.1, -0.05) is 11.8 Å². The monoisotopic (exact) mass is 415 g/mol. The second-order valence-corrected chi connectivity index (χ2v) is 8.32. The normalized spacial score (nSPS) is 16.5. The average molecular weight is 416 g/mol. The number of ether oxygens (including phenoxy) is 2. The first kappa shape index (κ1) is 19.0. The molecule has 1 amide bonds. The highest BCUT2D eigenvalue weighted by Crippen LogP contribution is 2.39. The quantitative estimate of drug-likeness (QED) is 0.445. The van der Waals surface area contributed by atoms with Crippen molar-refractivity contribution in [1.29, 1.82) is 0 Å². The number of carbonyl (C=O) groups is 1. The molecule has 0 radical (unpaired) electrons. The lowest BCUT2D eigenvalue weighted by molar-refractivity contribution is -0.129. The summed E-state index contributed by atoms with van der Waals surface area (Å²) < 4.78 is 10.9. The van der Waals surface area contributed by atoms with Gasteiger partial charge in [-0.3, -0.25) is 4.79 Å². The van der Waals surface area contributed by atoms with E-state index in [-0.39, 0.29) is 11.9 Å². The molecule has 1 aliphatic rings. The second kappa shape index (κ2) is 8.36. The van der Waals surface area contributed by atoms with Gasteiger partial charge in [-0.25, -0.2) is 9.97 Å². The summed E-state index contributed by atoms with van der Waals surface area (Å²) in [4.78, 5) is 24.5. The molecule has 0 bridgehead atoms. The van der Waals surface area contributed by atoms with Gasteiger partial charge in [0.15, 0.2) is 0 Å². The summed E-state index contributed by atoms with van der Waals surface area (Å²) in [6, 6.07) is 7.76. The Balaban J connectivity index is 1.52. The first-order valence-corrected chi connectivity index (χ1v) is 10.9. The minimum Gasteiger partial charge on any atom is -0.497 e. The highest BCUT2D eigenvalue weighted by atomic mass is 32.2. The molecule has 1 aromatic carbocycles. The Labute approximate surface area is 171 Å². The number of hydrogen-bond acceptors (Lipinski definition) is 7. The van der Waals surface area contributed by atoms with Crippen LogP contribution < -0.4 is 9.47 Å². The third-order valence-electron chi connectivity index (χ3n) is 4.93. The van der Waals surface area contributed by atoms with E-state index in [9.17, 15) is 4.79 Å². The van der Waals surface area contributed by atoms with Crippen molar-refractivity contribution >= 4 is 39.2 Å². The summed E-state index contributed by atoms with van der Waals surface area (Å²) >= 11 is 3.05. The Morgan fingerprint density at radius 1 is 1.29 bits per heavy atom. The number of carbonyl (C=O) groups excluding carboxylic acids is 1. The number of fused-ring (bicyclic) bond motifs is 1. The number of thiophene rings is 1. The van der Waals surface area contributed by atoms with Crippen LogP contribution in [0.5, 0.6) is 11.5 Å². The Kier molecular flexibility index (Phi) is 5.68. The third kappa shape index (κ3) is 3.66. The molecule has 0 unspecified atom stereocenters. The third-order valence-corrected chi connectivity index (χ3v) is 6.74. The van der Waals surface area contributed by atoms with Gasteiger partial charge in [-0.2, -0.15) is 0 Å². The topological polar surface area (TPSA) is 64.6 Å². The van der Waals surface area contributed by atoms with Gasteiger partial charge in [0.05, 0.1) is 26.0 Å². The summed E-state index contributed by atoms with van der Waals surface area (Å²) in [5.74, 6) is 2.02. The van der Waals surface area contributed by atoms with Crippen molar-refractivity contribution in [3.05, 3.63) is 41.5 Å². The summed E-state index contributed by atoms with van der Waals surface area (Å²) in [7, 11) is 3.30. The first-order valence-electron chi connectivity index (χ1n) is 9.03. The van der Waals surface area contributed by atoms with Crippen LogP contribution in [0.2, 0.25) is 0 Å². The van der Waals surface area contributed by atoms with E-state index in [4.69, 9.17) is 9.47 Å². The highest BCUT2D eigenvalue weighted by Gasteiger charge is 2.32. The predicted molar refractivity (Wildman–Crippen MR) is 111 cm³/mol. The summed E-state index contributed by atoms with van der Waals surface area (Å²) in [5.41, 5.74) is 1.000. The Morgan fingerprint density at radius 3 is 3.00 bits per heavy atom. The van der Waals surface area contributed by atoms with Gasteiger partial charge < -0.3 is 14.4 Å². The van der Waals surface area contributed by atoms with E-state index >= 15 is 0 Å². The van der Waals surface area contributed by atoms with Crippen LogP contribution in [0, 0.1) is 0 Å². The van der Waals surface area contributed by atoms with Crippen LogP contribution in [0.3, 0.4) is 0 Å². The molecule has 6 nitrogen and oxygen atoms in total. The van der Waals surface area contributed by atoms with Gasteiger partial charge in [0, 0.05) is 17.5 Å². The van der Waals surface area contributed by atoms with E-state index in [0.717, 1.165) is 51.7 Å². The fourth-order valence-corrected chi connectivity index (χ4v) is 5.25. The first-order chi connectivity index (χ1) is 13.7. The fourth-order valence-electron chi connectivity index (χ4n) is 3.58. The molecule has 0 spiro atoms. The lowest BCUT2D eigenvalue weighted by atomic mass is 10.0. The summed E-state index contributed by atoms with van der Waals surface area (Å²) in [6.45, 7) is 0.752. The molecule has 1 saturated heterocycles. The zero-order chi connectivity index (χ0) is 19.5. The van der Waals surface area contributed by atoms with Crippen LogP contribution >= 0.6 is 23.1 Å². The van der Waals surface area contributed by atoms with Gasteiger partial charge in [-0.15, -0.1) is 11.3 Å². The van der Waals surface area contributed by atoms with E-state index in [1.165, 1.54) is 11.8 Å². The van der Waals surface area contributed by atoms with Crippen molar-refractivity contribution in [2.75, 3.05) is 26.5 Å². The second-order valence-electron chi connectivity index (χ2n) is 6.46. The molecule has 0 aliphatic carbocycles. The zero-order valence-corrected chi connectivity index (χ0v) is 17.4. The molecular weight excluding hydrogens is 394 g/mol. The van der Waals surface area contributed by atoms with Crippen molar-refractivity contribution in [2.24, 2.45) is 0 Å². The number of hydrogen-bond donors (Lipinski definition) is 0. The van der Waals surface area contributed by atoms with Gasteiger partial charge in [0.1, 0.15) is 27.7 Å². The number of aromatic nitrogens is 2. The van der Waals surface area contributed by atoms with E-state index in [1.54, 1.807) is 31.9 Å². The molecule has 0 N–H and O–H groups in total. The van der Waals surface area contributed by atoms with Crippen molar-refractivity contribution < 1.29 is 14.3 Å². The zero-order valence-electron chi connectivity index (χ0n) is 15.8. The smallest absolute Gasteiger partial charge is 0.233 e. The van der Waals surface area contributed by atoms with Crippen molar-refractivity contribution in [2.45, 2.75) is 23.9 Å². The van der Waals surface area contributed by atoms with Gasteiger partial charge in [0.25, 0.3) is 0 Å². The van der Waals surface area contributed by atoms with Crippen molar-refractivity contribution in [3.8, 4) is 11.5 Å². The maximum absolute atomic E-state index is 13.0. The molecule has 3 heterocycles. The molecule has 3 aromatic rings. The standard InChI is InChI=1S/C20H21N3O3S2/c1-25-13-5-6-17(26-2)15(10-13)16-4-3-8-23(16)18(24)11-28-20-14-7-9-27-19(14)21-12-22-20/h5-7,9-10,12,16H,3-4,8,11H2,1-2H3/t16-/m0/s1. The van der Waals surface area contributed by atoms with Crippen LogP contribution in [0.1, 0.15) is 24.4 Å². The molecule has 1 atom stereocenters. The van der Waals surface area contributed by atoms with E-state index in [1.807, 2.05) is 34.5 Å². The maximum Gasteiger partial charge on any atom is 0.233 e. The van der Waals surface area contributed by atoms with Crippen LogP contribution in [-0.4, -0.2) is 47.3 Å². The SMILES string of the molecule is COc1ccc(OC)c([C@@H]2CCCN2C(=O)CSc2ncnc3sccc23)c1. The van der Waals surface area contributed by atoms with Crippen LogP contribution in [0.4, 0.5) is 0 Å². The minimum atomic E-state index is 0.00437. The Morgan fingerprint density at radius 2 is 2.18 bits per heavy atom. The predicted octanol–water partition coefficient (Wildman–Crippen LogP) is 4.16. The van der Waals surface area contributed by atoms with E-state index in [2.05, 4.69) is 9.97 Å². The van der Waals surface area contributed by atoms with Crippen LogP contribution in [0.15, 0.2) is 41.0 Å². The number of likely N-dealkylation sites (tertiary alicyclic amines) is 1.